The molecule has 0 bridgehead atoms. The first-order valence-electron chi connectivity index (χ1n) is 4.61. The molecular formula is C9H5Cl2N3O3S. The van der Waals surface area contributed by atoms with Crippen molar-refractivity contribution in [3.63, 3.8) is 0 Å². The van der Waals surface area contributed by atoms with E-state index >= 15 is 0 Å². The number of halogens is 2. The topological polar surface area (TPSA) is 78.2 Å². The van der Waals surface area contributed by atoms with Gasteiger partial charge >= 0.3 is 0 Å². The highest BCUT2D eigenvalue weighted by Gasteiger charge is 2.11. The summed E-state index contributed by atoms with van der Waals surface area (Å²) in [6.07, 6.45) is 0. The molecule has 0 radical (unpaired) electrons. The van der Waals surface area contributed by atoms with E-state index in [1.807, 2.05) is 0 Å². The summed E-state index contributed by atoms with van der Waals surface area (Å²) in [7, 11) is 0. The fraction of sp³-hybridized carbons (Fsp3) is 0.111. The average molecular weight is 306 g/mol. The summed E-state index contributed by atoms with van der Waals surface area (Å²) in [6.45, 7) is 0.102. The van der Waals surface area contributed by atoms with E-state index in [2.05, 4.69) is 10.2 Å². The van der Waals surface area contributed by atoms with Gasteiger partial charge in [0.25, 0.3) is 5.69 Å². The minimum absolute atomic E-state index is 0.0929. The summed E-state index contributed by atoms with van der Waals surface area (Å²) in [5, 5.41) is 18.8. The quantitative estimate of drug-likeness (QED) is 0.639. The van der Waals surface area contributed by atoms with Crippen LogP contribution in [0.5, 0.6) is 5.75 Å². The number of ether oxygens (including phenoxy) is 1. The van der Waals surface area contributed by atoms with Crippen LogP contribution < -0.4 is 4.74 Å². The Morgan fingerprint density at radius 3 is 2.78 bits per heavy atom. The molecule has 2 aromatic rings. The highest BCUT2D eigenvalue weighted by atomic mass is 35.5. The summed E-state index contributed by atoms with van der Waals surface area (Å²) < 4.78 is 5.64. The molecule has 1 aromatic carbocycles. The van der Waals surface area contributed by atoms with Crippen LogP contribution in [0.25, 0.3) is 0 Å². The highest BCUT2D eigenvalue weighted by Crippen LogP contribution is 2.29. The third-order valence-electron chi connectivity index (χ3n) is 1.92. The van der Waals surface area contributed by atoms with Crippen LogP contribution in [0.15, 0.2) is 18.2 Å². The number of aromatic nitrogens is 2. The summed E-state index contributed by atoms with van der Waals surface area (Å²) >= 11 is 12.6. The van der Waals surface area contributed by atoms with Gasteiger partial charge in [0.2, 0.25) is 4.47 Å². The Kier molecular flexibility index (Phi) is 3.95. The van der Waals surface area contributed by atoms with Gasteiger partial charge in [-0.15, -0.1) is 10.2 Å². The van der Waals surface area contributed by atoms with Crippen molar-refractivity contribution in [2.75, 3.05) is 0 Å². The summed E-state index contributed by atoms with van der Waals surface area (Å²) in [5.41, 5.74) is -0.0929. The van der Waals surface area contributed by atoms with E-state index in [4.69, 9.17) is 27.9 Å². The van der Waals surface area contributed by atoms with Crippen LogP contribution in [-0.4, -0.2) is 15.1 Å². The smallest absolute Gasteiger partial charge is 0.273 e. The Morgan fingerprint density at radius 1 is 1.39 bits per heavy atom. The molecule has 0 aliphatic rings. The maximum Gasteiger partial charge on any atom is 0.273 e. The largest absolute Gasteiger partial charge is 0.485 e. The summed E-state index contributed by atoms with van der Waals surface area (Å²) in [5.74, 6) is 0.220. The lowest BCUT2D eigenvalue weighted by atomic mass is 10.3. The molecule has 0 amide bonds. The van der Waals surface area contributed by atoms with Crippen LogP contribution in [0, 0.1) is 10.1 Å². The van der Waals surface area contributed by atoms with E-state index in [9.17, 15) is 10.1 Å². The Hall–Kier alpha value is -1.44. The van der Waals surface area contributed by atoms with Crippen LogP contribution in [0.3, 0.4) is 0 Å². The zero-order chi connectivity index (χ0) is 13.1. The number of non-ortho nitro benzene ring substituents is 1. The van der Waals surface area contributed by atoms with Crippen molar-refractivity contribution in [3.8, 4) is 5.75 Å². The molecule has 0 atom stereocenters. The van der Waals surface area contributed by atoms with Gasteiger partial charge in [-0.05, 0) is 17.7 Å². The maximum absolute atomic E-state index is 10.6. The number of rotatable bonds is 4. The van der Waals surface area contributed by atoms with Crippen molar-refractivity contribution in [2.24, 2.45) is 0 Å². The first kappa shape index (κ1) is 13.0. The number of hydrogen-bond donors (Lipinski definition) is 0. The van der Waals surface area contributed by atoms with Crippen LogP contribution in [0.1, 0.15) is 5.01 Å². The van der Waals surface area contributed by atoms with Gasteiger partial charge < -0.3 is 4.74 Å². The second-order valence-corrected chi connectivity index (χ2v) is 5.16. The molecule has 0 aliphatic heterocycles. The Labute approximate surface area is 115 Å². The van der Waals surface area contributed by atoms with Gasteiger partial charge in [0.1, 0.15) is 12.4 Å². The van der Waals surface area contributed by atoms with Crippen molar-refractivity contribution in [1.29, 1.82) is 0 Å². The van der Waals surface area contributed by atoms with Gasteiger partial charge in [0, 0.05) is 6.07 Å². The van der Waals surface area contributed by atoms with E-state index in [1.54, 1.807) is 0 Å². The van der Waals surface area contributed by atoms with Crippen molar-refractivity contribution >= 4 is 40.2 Å². The molecule has 0 fully saturated rings. The molecule has 2 rings (SSSR count). The first-order chi connectivity index (χ1) is 8.56. The van der Waals surface area contributed by atoms with Gasteiger partial charge in [0.15, 0.2) is 5.01 Å². The Morgan fingerprint density at radius 2 is 2.17 bits per heavy atom. The van der Waals surface area contributed by atoms with Crippen LogP contribution in [-0.2, 0) is 6.61 Å². The van der Waals surface area contributed by atoms with Gasteiger partial charge in [-0.1, -0.05) is 22.9 Å². The molecule has 6 nitrogen and oxygen atoms in total. The molecule has 1 heterocycles. The number of hydrogen-bond acceptors (Lipinski definition) is 6. The van der Waals surface area contributed by atoms with Crippen molar-refractivity contribution < 1.29 is 9.66 Å². The second-order valence-electron chi connectivity index (χ2n) is 3.11. The van der Waals surface area contributed by atoms with Gasteiger partial charge in [-0.2, -0.15) is 0 Å². The summed E-state index contributed by atoms with van der Waals surface area (Å²) in [4.78, 5) is 10.1. The van der Waals surface area contributed by atoms with E-state index in [0.717, 1.165) is 11.3 Å². The molecule has 94 valence electrons. The van der Waals surface area contributed by atoms with Crippen molar-refractivity contribution in [1.82, 2.24) is 10.2 Å². The zero-order valence-corrected chi connectivity index (χ0v) is 11.0. The van der Waals surface area contributed by atoms with Crippen LogP contribution >= 0.6 is 34.5 Å². The van der Waals surface area contributed by atoms with E-state index in [-0.39, 0.29) is 23.1 Å². The zero-order valence-electron chi connectivity index (χ0n) is 8.67. The number of nitrogens with zero attached hydrogens (tertiary/aromatic N) is 3. The lowest BCUT2D eigenvalue weighted by Gasteiger charge is -2.05. The average Bonchev–Trinajstić information content (AvgIpc) is 2.74. The molecule has 0 spiro atoms. The van der Waals surface area contributed by atoms with E-state index < -0.39 is 4.92 Å². The third-order valence-corrected chi connectivity index (χ3v) is 3.22. The van der Waals surface area contributed by atoms with E-state index in [0.29, 0.717) is 9.47 Å². The fourth-order valence-electron chi connectivity index (χ4n) is 1.15. The van der Waals surface area contributed by atoms with Crippen LogP contribution in [0.4, 0.5) is 5.69 Å². The Bertz CT molecular complexity index is 590. The standard InChI is InChI=1S/C9H5Cl2N3O3S/c10-6-2-1-5(14(15)16)3-7(6)17-4-8-12-13-9(11)18-8/h1-3H,4H2. The molecule has 18 heavy (non-hydrogen) atoms. The van der Waals surface area contributed by atoms with Gasteiger partial charge in [0.05, 0.1) is 16.0 Å². The molecule has 0 saturated heterocycles. The molecule has 0 unspecified atom stereocenters. The highest BCUT2D eigenvalue weighted by molar-refractivity contribution is 7.15. The number of nitro benzene ring substituents is 1. The predicted octanol–water partition coefficient (Wildman–Crippen LogP) is 3.33. The molecular weight excluding hydrogens is 301 g/mol. The molecule has 0 saturated carbocycles. The lowest BCUT2D eigenvalue weighted by Crippen LogP contribution is -1.96. The summed E-state index contributed by atoms with van der Waals surface area (Å²) in [6, 6.07) is 3.96. The lowest BCUT2D eigenvalue weighted by molar-refractivity contribution is -0.384. The van der Waals surface area contributed by atoms with Crippen molar-refractivity contribution in [2.45, 2.75) is 6.61 Å². The predicted molar refractivity (Wildman–Crippen MR) is 67.4 cm³/mol. The fourth-order valence-corrected chi connectivity index (χ4v) is 2.10. The van der Waals surface area contributed by atoms with Crippen LogP contribution in [0.2, 0.25) is 9.49 Å². The second kappa shape index (κ2) is 5.47. The van der Waals surface area contributed by atoms with E-state index in [1.165, 1.54) is 18.2 Å². The monoisotopic (exact) mass is 305 g/mol. The number of benzene rings is 1. The third kappa shape index (κ3) is 3.06. The molecule has 1 aromatic heterocycles. The molecule has 0 N–H and O–H groups in total. The molecule has 9 heteroatoms. The maximum atomic E-state index is 10.6. The minimum Gasteiger partial charge on any atom is -0.485 e. The Balaban J connectivity index is 2.13. The van der Waals surface area contributed by atoms with Crippen molar-refractivity contribution in [3.05, 3.63) is 42.8 Å². The SMILES string of the molecule is O=[N+]([O-])c1ccc(Cl)c(OCc2nnc(Cl)s2)c1. The number of nitro groups is 1. The minimum atomic E-state index is -0.523. The van der Waals surface area contributed by atoms with Gasteiger partial charge in [-0.3, -0.25) is 10.1 Å². The normalized spacial score (nSPS) is 10.3. The first-order valence-corrected chi connectivity index (χ1v) is 6.18. The van der Waals surface area contributed by atoms with Gasteiger partial charge in [-0.25, -0.2) is 0 Å². The molecule has 0 aliphatic carbocycles.